The van der Waals surface area contributed by atoms with Crippen molar-refractivity contribution in [1.82, 2.24) is 0 Å². The molecule has 1 saturated carbocycles. The van der Waals surface area contributed by atoms with Gasteiger partial charge in [-0.05, 0) is 66.1 Å². The van der Waals surface area contributed by atoms with Crippen LogP contribution in [0.1, 0.15) is 46.3 Å². The number of carbonyl (C=O) groups is 1. The molecule has 1 aliphatic rings. The zero-order valence-electron chi connectivity index (χ0n) is 10.9. The Kier molecular flexibility index (Phi) is 4.21. The maximum Gasteiger partial charge on any atom is 0.416 e. The standard InChI is InChI=1S/C13H12ClF3O3S/c1-7-5-9(12(21(19)20)3-2-4-12)10(13(15,16)17)6-8(7)11(14)18/h5-6H,2-4H2,1H3,(H,19,20)/p-1. The maximum absolute atomic E-state index is 13.2. The SMILES string of the molecule is Cc1cc(C2(S(=O)[O-])CCC2)c(C(F)(F)F)cc1C(=O)Cl. The molecule has 1 aromatic carbocycles. The lowest BCUT2D eigenvalue weighted by Crippen LogP contribution is -2.40. The fraction of sp³-hybridized carbons (Fsp3) is 0.462. The molecular formula is C13H11ClF3O3S-. The van der Waals surface area contributed by atoms with Crippen LogP contribution in [0.2, 0.25) is 0 Å². The summed E-state index contributed by atoms with van der Waals surface area (Å²) >= 11 is 2.61. The van der Waals surface area contributed by atoms with Gasteiger partial charge in [-0.15, -0.1) is 0 Å². The van der Waals surface area contributed by atoms with Gasteiger partial charge in [0.1, 0.15) is 0 Å². The van der Waals surface area contributed by atoms with Gasteiger partial charge in [0, 0.05) is 5.56 Å². The molecule has 0 heterocycles. The number of carbonyl (C=O) groups excluding carboxylic acids is 1. The second kappa shape index (κ2) is 5.37. The molecule has 3 nitrogen and oxygen atoms in total. The Labute approximate surface area is 126 Å². The minimum Gasteiger partial charge on any atom is -0.772 e. The quantitative estimate of drug-likeness (QED) is 0.624. The average molecular weight is 340 g/mol. The van der Waals surface area contributed by atoms with Crippen molar-refractivity contribution in [2.75, 3.05) is 0 Å². The van der Waals surface area contributed by atoms with Crippen LogP contribution >= 0.6 is 11.6 Å². The van der Waals surface area contributed by atoms with E-state index in [1.54, 1.807) is 0 Å². The van der Waals surface area contributed by atoms with Crippen molar-refractivity contribution in [3.63, 3.8) is 0 Å². The summed E-state index contributed by atoms with van der Waals surface area (Å²) in [7, 11) is 0. The van der Waals surface area contributed by atoms with E-state index in [4.69, 9.17) is 11.6 Å². The van der Waals surface area contributed by atoms with Crippen LogP contribution in [0.15, 0.2) is 12.1 Å². The number of hydrogen-bond donors (Lipinski definition) is 0. The molecule has 0 aromatic heterocycles. The van der Waals surface area contributed by atoms with Crippen LogP contribution < -0.4 is 0 Å². The van der Waals surface area contributed by atoms with E-state index in [9.17, 15) is 26.7 Å². The molecule has 0 N–H and O–H groups in total. The molecule has 0 spiro atoms. The predicted octanol–water partition coefficient (Wildman–Crippen LogP) is 3.65. The summed E-state index contributed by atoms with van der Waals surface area (Å²) in [6, 6.07) is 1.76. The molecule has 0 aliphatic heterocycles. The monoisotopic (exact) mass is 339 g/mol. The van der Waals surface area contributed by atoms with Gasteiger partial charge >= 0.3 is 6.18 Å². The van der Waals surface area contributed by atoms with E-state index in [1.165, 1.54) is 6.92 Å². The molecule has 0 bridgehead atoms. The second-order valence-electron chi connectivity index (χ2n) is 5.07. The van der Waals surface area contributed by atoms with Crippen LogP contribution in [0.4, 0.5) is 13.2 Å². The zero-order valence-corrected chi connectivity index (χ0v) is 12.5. The van der Waals surface area contributed by atoms with E-state index in [-0.39, 0.29) is 29.5 Å². The average Bonchev–Trinajstić information content (AvgIpc) is 2.24. The van der Waals surface area contributed by atoms with E-state index in [0.29, 0.717) is 12.5 Å². The van der Waals surface area contributed by atoms with Gasteiger partial charge in [0.25, 0.3) is 5.24 Å². The van der Waals surface area contributed by atoms with Gasteiger partial charge in [-0.2, -0.15) is 13.2 Å². The molecule has 8 heteroatoms. The van der Waals surface area contributed by atoms with Crippen molar-refractivity contribution in [2.24, 2.45) is 0 Å². The Balaban J connectivity index is 2.74. The maximum atomic E-state index is 13.2. The fourth-order valence-corrected chi connectivity index (χ4v) is 3.73. The van der Waals surface area contributed by atoms with E-state index in [2.05, 4.69) is 0 Å². The Hall–Kier alpha value is -0.920. The highest BCUT2D eigenvalue weighted by Gasteiger charge is 2.46. The van der Waals surface area contributed by atoms with Crippen molar-refractivity contribution in [1.29, 1.82) is 0 Å². The Morgan fingerprint density at radius 1 is 1.38 bits per heavy atom. The summed E-state index contributed by atoms with van der Waals surface area (Å²) in [5.41, 5.74) is -1.44. The van der Waals surface area contributed by atoms with Crippen molar-refractivity contribution in [2.45, 2.75) is 37.1 Å². The van der Waals surface area contributed by atoms with Gasteiger partial charge in [-0.25, -0.2) is 0 Å². The lowest BCUT2D eigenvalue weighted by atomic mass is 9.76. The minimum absolute atomic E-state index is 0.139. The highest BCUT2D eigenvalue weighted by molar-refractivity contribution is 7.80. The first kappa shape index (κ1) is 16.5. The summed E-state index contributed by atoms with van der Waals surface area (Å²) < 4.78 is 61.0. The largest absolute Gasteiger partial charge is 0.772 e. The number of hydrogen-bond acceptors (Lipinski definition) is 3. The lowest BCUT2D eigenvalue weighted by molar-refractivity contribution is -0.138. The van der Waals surface area contributed by atoms with Crippen LogP contribution in [-0.4, -0.2) is 14.0 Å². The van der Waals surface area contributed by atoms with Crippen LogP contribution in [0.25, 0.3) is 0 Å². The summed E-state index contributed by atoms with van der Waals surface area (Å²) in [4.78, 5) is 11.2. The van der Waals surface area contributed by atoms with E-state index in [1.807, 2.05) is 0 Å². The number of aryl methyl sites for hydroxylation is 1. The molecule has 21 heavy (non-hydrogen) atoms. The third-order valence-electron chi connectivity index (χ3n) is 3.85. The second-order valence-corrected chi connectivity index (χ2v) is 6.66. The highest BCUT2D eigenvalue weighted by atomic mass is 35.5. The Morgan fingerprint density at radius 3 is 2.29 bits per heavy atom. The van der Waals surface area contributed by atoms with Crippen molar-refractivity contribution < 1.29 is 26.7 Å². The smallest absolute Gasteiger partial charge is 0.416 e. The molecule has 0 saturated heterocycles. The van der Waals surface area contributed by atoms with Gasteiger partial charge in [0.05, 0.1) is 10.3 Å². The van der Waals surface area contributed by atoms with Gasteiger partial charge in [0.2, 0.25) is 0 Å². The summed E-state index contributed by atoms with van der Waals surface area (Å²) in [6.45, 7) is 1.43. The first-order chi connectivity index (χ1) is 9.59. The van der Waals surface area contributed by atoms with Gasteiger partial charge in [-0.3, -0.25) is 9.00 Å². The van der Waals surface area contributed by atoms with Crippen molar-refractivity contribution >= 4 is 27.9 Å². The number of alkyl halides is 3. The third-order valence-corrected chi connectivity index (χ3v) is 5.32. The molecule has 1 aromatic rings. The Morgan fingerprint density at radius 2 is 1.95 bits per heavy atom. The van der Waals surface area contributed by atoms with E-state index >= 15 is 0 Å². The lowest BCUT2D eigenvalue weighted by Gasteiger charge is -2.45. The summed E-state index contributed by atoms with van der Waals surface area (Å²) in [5, 5.41) is -1.00. The van der Waals surface area contributed by atoms with E-state index < -0.39 is 32.8 Å². The van der Waals surface area contributed by atoms with Gasteiger partial charge < -0.3 is 4.55 Å². The first-order valence-corrected chi connectivity index (χ1v) is 7.56. The molecule has 1 fully saturated rings. The predicted molar refractivity (Wildman–Crippen MR) is 70.8 cm³/mol. The normalized spacial score (nSPS) is 19.0. The van der Waals surface area contributed by atoms with Gasteiger partial charge in [-0.1, -0.05) is 6.07 Å². The number of benzene rings is 1. The van der Waals surface area contributed by atoms with E-state index in [0.717, 1.165) is 6.07 Å². The topological polar surface area (TPSA) is 57.2 Å². The molecule has 2 rings (SSSR count). The summed E-state index contributed by atoms with van der Waals surface area (Å²) in [5.74, 6) is 0. The number of rotatable bonds is 3. The van der Waals surface area contributed by atoms with Gasteiger partial charge in [0.15, 0.2) is 0 Å². The molecular weight excluding hydrogens is 329 g/mol. The molecule has 1 aliphatic carbocycles. The molecule has 0 amide bonds. The van der Waals surface area contributed by atoms with Crippen LogP contribution in [0, 0.1) is 6.92 Å². The van der Waals surface area contributed by atoms with Crippen molar-refractivity contribution in [3.8, 4) is 0 Å². The van der Waals surface area contributed by atoms with Crippen LogP contribution in [0.3, 0.4) is 0 Å². The number of halogens is 4. The highest BCUT2D eigenvalue weighted by Crippen LogP contribution is 2.50. The first-order valence-electron chi connectivity index (χ1n) is 6.11. The van der Waals surface area contributed by atoms with Crippen LogP contribution in [-0.2, 0) is 22.0 Å². The zero-order chi connectivity index (χ0) is 16.0. The van der Waals surface area contributed by atoms with Crippen LogP contribution in [0.5, 0.6) is 0 Å². The molecule has 0 radical (unpaired) electrons. The minimum atomic E-state index is -4.76. The fourth-order valence-electron chi connectivity index (χ4n) is 2.55. The molecule has 1 unspecified atom stereocenters. The summed E-state index contributed by atoms with van der Waals surface area (Å²) in [6.07, 6.45) is -3.94. The molecule has 1 atom stereocenters. The third kappa shape index (κ3) is 2.74. The Bertz CT molecular complexity index is 624. The van der Waals surface area contributed by atoms with Crippen molar-refractivity contribution in [3.05, 3.63) is 34.4 Å². The molecule has 116 valence electrons.